The Hall–Kier alpha value is -1.58. The average molecular weight is 437 g/mol. The molecule has 1 aliphatic carbocycles. The number of unbranched alkanes of at least 4 members (excludes halogenated alkanes) is 3. The van der Waals surface area contributed by atoms with Crippen molar-refractivity contribution in [3.63, 3.8) is 0 Å². The largest absolute Gasteiger partial charge is 0.378 e. The lowest BCUT2D eigenvalue weighted by molar-refractivity contribution is -0.109. The maximum atomic E-state index is 11.7. The van der Waals surface area contributed by atoms with Crippen LogP contribution in [0.5, 0.6) is 0 Å². The number of anilines is 1. The molecule has 1 aliphatic rings. The van der Waals surface area contributed by atoms with Crippen molar-refractivity contribution in [3.05, 3.63) is 58.9 Å². The van der Waals surface area contributed by atoms with E-state index in [-0.39, 0.29) is 30.7 Å². The second-order valence-corrected chi connectivity index (χ2v) is 8.01. The lowest BCUT2D eigenvalue weighted by atomic mass is 9.76. The molecule has 0 saturated carbocycles. The summed E-state index contributed by atoms with van der Waals surface area (Å²) in [6.07, 6.45) is 9.00. The molecule has 0 amide bonds. The van der Waals surface area contributed by atoms with Crippen molar-refractivity contribution in [1.82, 2.24) is 4.98 Å². The fourth-order valence-electron chi connectivity index (χ4n) is 4.11. The van der Waals surface area contributed by atoms with Crippen LogP contribution in [0.4, 0.5) is 5.69 Å². The fraction of sp³-hybridized carbons (Fsp3) is 0.500. The molecule has 0 radical (unpaired) electrons. The summed E-state index contributed by atoms with van der Waals surface area (Å²) in [6, 6.07) is 13.0. The van der Waals surface area contributed by atoms with Gasteiger partial charge in [0.05, 0.1) is 0 Å². The third kappa shape index (κ3) is 6.45. The van der Waals surface area contributed by atoms with E-state index in [1.807, 2.05) is 0 Å². The molecule has 0 aliphatic heterocycles. The molecule has 3 nitrogen and oxygen atoms in total. The molecule has 2 aromatic rings. The van der Waals surface area contributed by atoms with Gasteiger partial charge >= 0.3 is 0 Å². The molecule has 1 aromatic carbocycles. The maximum absolute atomic E-state index is 11.7. The predicted molar refractivity (Wildman–Crippen MR) is 127 cm³/mol. The van der Waals surface area contributed by atoms with Gasteiger partial charge in [0.1, 0.15) is 6.29 Å². The van der Waals surface area contributed by atoms with Gasteiger partial charge in [-0.25, -0.2) is 0 Å². The van der Waals surface area contributed by atoms with Gasteiger partial charge in [-0.15, -0.1) is 24.8 Å². The zero-order valence-corrected chi connectivity index (χ0v) is 19.4. The topological polar surface area (TPSA) is 33.2 Å². The number of hydrogen-bond acceptors (Lipinski definition) is 3. The normalized spacial score (nSPS) is 17.5. The lowest BCUT2D eigenvalue weighted by Crippen LogP contribution is -2.20. The van der Waals surface area contributed by atoms with E-state index >= 15 is 0 Å². The minimum atomic E-state index is -0.0334. The summed E-state index contributed by atoms with van der Waals surface area (Å²) in [5.74, 6) is 0.334. The highest BCUT2D eigenvalue weighted by molar-refractivity contribution is 5.85. The van der Waals surface area contributed by atoms with Crippen molar-refractivity contribution in [2.45, 2.75) is 63.7 Å². The van der Waals surface area contributed by atoms with Gasteiger partial charge in [-0.2, -0.15) is 0 Å². The number of carbonyl (C=O) groups excluding carboxylic acids is 1. The number of aromatic nitrogens is 1. The van der Waals surface area contributed by atoms with Crippen molar-refractivity contribution < 1.29 is 4.79 Å². The number of carbonyl (C=O) groups is 1. The van der Waals surface area contributed by atoms with Gasteiger partial charge in [0.15, 0.2) is 0 Å². The first-order valence-electron chi connectivity index (χ1n) is 10.3. The Morgan fingerprint density at radius 3 is 2.38 bits per heavy atom. The second kappa shape index (κ2) is 12.2. The first kappa shape index (κ1) is 25.5. The van der Waals surface area contributed by atoms with E-state index in [4.69, 9.17) is 4.98 Å². The van der Waals surface area contributed by atoms with Crippen LogP contribution in [0.25, 0.3) is 0 Å². The summed E-state index contributed by atoms with van der Waals surface area (Å²) in [7, 11) is 4.11. The van der Waals surface area contributed by atoms with Crippen LogP contribution in [0, 0.1) is 0 Å². The smallest absolute Gasteiger partial charge is 0.127 e. The van der Waals surface area contributed by atoms with E-state index in [9.17, 15) is 4.79 Å². The van der Waals surface area contributed by atoms with E-state index in [1.54, 1.807) is 0 Å². The molecule has 0 saturated heterocycles. The average Bonchev–Trinajstić information content (AvgIpc) is 2.70. The fourth-order valence-corrected chi connectivity index (χ4v) is 4.11. The number of nitrogens with zero attached hydrogens (tertiary/aromatic N) is 2. The van der Waals surface area contributed by atoms with Crippen LogP contribution < -0.4 is 4.90 Å². The maximum Gasteiger partial charge on any atom is 0.127 e. The molecular weight excluding hydrogens is 403 g/mol. The van der Waals surface area contributed by atoms with Crippen molar-refractivity contribution in [2.75, 3.05) is 19.0 Å². The van der Waals surface area contributed by atoms with E-state index in [0.29, 0.717) is 5.92 Å². The molecule has 5 heteroatoms. The first-order valence-corrected chi connectivity index (χ1v) is 10.3. The number of halogens is 2. The van der Waals surface area contributed by atoms with Crippen LogP contribution >= 0.6 is 24.8 Å². The van der Waals surface area contributed by atoms with Gasteiger partial charge in [0.25, 0.3) is 0 Å². The van der Waals surface area contributed by atoms with Crippen LogP contribution in [0.15, 0.2) is 36.4 Å². The van der Waals surface area contributed by atoms with Gasteiger partial charge in [0.2, 0.25) is 0 Å². The van der Waals surface area contributed by atoms with Crippen LogP contribution in [-0.4, -0.2) is 25.4 Å². The van der Waals surface area contributed by atoms with Gasteiger partial charge in [-0.3, -0.25) is 4.98 Å². The molecule has 0 fully saturated rings. The quantitative estimate of drug-likeness (QED) is 0.368. The second-order valence-electron chi connectivity index (χ2n) is 8.01. The highest BCUT2D eigenvalue weighted by Gasteiger charge is 2.28. The Morgan fingerprint density at radius 1 is 1.03 bits per heavy atom. The van der Waals surface area contributed by atoms with Gasteiger partial charge in [-0.05, 0) is 60.9 Å². The molecule has 0 bridgehead atoms. The lowest BCUT2D eigenvalue weighted by Gasteiger charge is -2.29. The number of aldehydes is 1. The van der Waals surface area contributed by atoms with Crippen LogP contribution in [0.1, 0.15) is 73.4 Å². The Balaban J connectivity index is 0.00000210. The summed E-state index contributed by atoms with van der Waals surface area (Å²) in [5.41, 5.74) is 5.97. The Morgan fingerprint density at radius 2 is 1.76 bits per heavy atom. The van der Waals surface area contributed by atoms with Crippen molar-refractivity contribution in [2.24, 2.45) is 0 Å². The van der Waals surface area contributed by atoms with E-state index in [2.05, 4.69) is 62.3 Å². The summed E-state index contributed by atoms with van der Waals surface area (Å²) >= 11 is 0. The Bertz CT molecular complexity index is 762. The summed E-state index contributed by atoms with van der Waals surface area (Å²) in [6.45, 7) is 2.24. The van der Waals surface area contributed by atoms with Gasteiger partial charge in [0, 0.05) is 37.1 Å². The van der Waals surface area contributed by atoms with E-state index in [0.717, 1.165) is 36.8 Å². The van der Waals surface area contributed by atoms with Crippen LogP contribution in [0.3, 0.4) is 0 Å². The standard InChI is InChI=1S/C24H32N2O.2ClH/c1-4-5-6-7-8-21-11-14-23-20(17-27)15-19(16-24(23)25-21)18-9-12-22(13-10-18)26(2)3;;/h9-14,17,19-20H,4-8,15-16H2,1-3H3;2*1H. The number of rotatable bonds is 8. The first-order chi connectivity index (χ1) is 13.1. The number of aryl methyl sites for hydroxylation is 1. The van der Waals surface area contributed by atoms with Crippen LogP contribution in [0.2, 0.25) is 0 Å². The number of fused-ring (bicyclic) bond motifs is 1. The van der Waals surface area contributed by atoms with E-state index in [1.165, 1.54) is 42.6 Å². The molecule has 0 N–H and O–H groups in total. The molecule has 29 heavy (non-hydrogen) atoms. The minimum absolute atomic E-state index is 0. The molecule has 2 unspecified atom stereocenters. The van der Waals surface area contributed by atoms with Crippen molar-refractivity contribution >= 4 is 36.8 Å². The summed E-state index contributed by atoms with van der Waals surface area (Å²) < 4.78 is 0. The Labute approximate surface area is 188 Å². The zero-order valence-electron chi connectivity index (χ0n) is 17.8. The SMILES string of the molecule is CCCCCCc1ccc2c(n1)CC(c1ccc(N(C)C)cc1)CC2C=O.Cl.Cl. The summed E-state index contributed by atoms with van der Waals surface area (Å²) in [4.78, 5) is 18.8. The van der Waals surface area contributed by atoms with Gasteiger partial charge in [-0.1, -0.05) is 44.4 Å². The van der Waals surface area contributed by atoms with Crippen molar-refractivity contribution in [3.8, 4) is 0 Å². The monoisotopic (exact) mass is 436 g/mol. The molecular formula is C24H34Cl2N2O. The molecule has 160 valence electrons. The molecule has 1 aromatic heterocycles. The van der Waals surface area contributed by atoms with Crippen molar-refractivity contribution in [1.29, 1.82) is 0 Å². The number of pyridine rings is 1. The third-order valence-corrected chi connectivity index (χ3v) is 5.78. The highest BCUT2D eigenvalue weighted by atomic mass is 35.5. The van der Waals surface area contributed by atoms with Crippen LogP contribution in [-0.2, 0) is 17.6 Å². The number of benzene rings is 1. The highest BCUT2D eigenvalue weighted by Crippen LogP contribution is 2.38. The molecule has 0 spiro atoms. The zero-order chi connectivity index (χ0) is 19.2. The van der Waals surface area contributed by atoms with Gasteiger partial charge < -0.3 is 9.69 Å². The summed E-state index contributed by atoms with van der Waals surface area (Å²) in [5, 5.41) is 0. The van der Waals surface area contributed by atoms with E-state index < -0.39 is 0 Å². The molecule has 2 atom stereocenters. The molecule has 3 rings (SSSR count). The Kier molecular flexibility index (Phi) is 10.7. The number of hydrogen-bond donors (Lipinski definition) is 0. The predicted octanol–water partition coefficient (Wildman–Crippen LogP) is 6.13. The third-order valence-electron chi connectivity index (χ3n) is 5.78. The molecule has 1 heterocycles. The minimum Gasteiger partial charge on any atom is -0.378 e.